The number of hydrogen-bond donors (Lipinski definition) is 4. The van der Waals surface area contributed by atoms with Crippen LogP contribution in [0.2, 0.25) is 0 Å². The summed E-state index contributed by atoms with van der Waals surface area (Å²) in [6.07, 6.45) is 9.05. The van der Waals surface area contributed by atoms with E-state index in [0.717, 1.165) is 51.4 Å². The highest BCUT2D eigenvalue weighted by atomic mass is 31.2. The van der Waals surface area contributed by atoms with E-state index in [4.69, 9.17) is 9.05 Å². The molecular formula is C24H50N2O8P2. The van der Waals surface area contributed by atoms with Gasteiger partial charge in [0.15, 0.2) is 0 Å². The average Bonchev–Trinajstić information content (AvgIpc) is 2.79. The topological polar surface area (TPSA) is 151 Å². The van der Waals surface area contributed by atoms with E-state index < -0.39 is 20.9 Å². The summed E-state index contributed by atoms with van der Waals surface area (Å²) in [6.45, 7) is 8.27. The molecule has 2 amide bonds. The summed E-state index contributed by atoms with van der Waals surface area (Å²) in [4.78, 5) is 42.9. The highest BCUT2D eigenvalue weighted by Crippen LogP contribution is 2.47. The van der Waals surface area contributed by atoms with Crippen LogP contribution in [0.15, 0.2) is 0 Å². The maximum atomic E-state index is 11.9. The van der Waals surface area contributed by atoms with Gasteiger partial charge in [-0.15, -0.1) is 0 Å². The molecule has 0 aliphatic heterocycles. The molecule has 36 heavy (non-hydrogen) atoms. The Morgan fingerprint density at radius 3 is 1.36 bits per heavy atom. The first-order valence-electron chi connectivity index (χ1n) is 13.4. The molecule has 0 saturated carbocycles. The SMILES string of the molecule is CC(C)P(=O)(O)OCCCCCCNC(=O)CCCCCCC(=O)NCCCCOP(=O)(O)C(C)C. The van der Waals surface area contributed by atoms with Gasteiger partial charge in [-0.25, -0.2) is 0 Å². The normalized spacial score (nSPS) is 15.0. The van der Waals surface area contributed by atoms with Crippen LogP contribution in [0, 0.1) is 0 Å². The van der Waals surface area contributed by atoms with Crippen LogP contribution in [-0.4, -0.2) is 59.2 Å². The number of amides is 2. The Labute approximate surface area is 217 Å². The fraction of sp³-hybridized carbons (Fsp3) is 0.917. The maximum absolute atomic E-state index is 11.9. The summed E-state index contributed by atoms with van der Waals surface area (Å²) in [6, 6.07) is 0. The zero-order valence-corrected chi connectivity index (χ0v) is 24.5. The fourth-order valence-corrected chi connectivity index (χ4v) is 4.43. The maximum Gasteiger partial charge on any atom is 0.330 e. The van der Waals surface area contributed by atoms with Crippen molar-refractivity contribution in [1.29, 1.82) is 0 Å². The fourth-order valence-electron chi connectivity index (χ4n) is 3.05. The molecule has 0 heterocycles. The molecular weight excluding hydrogens is 506 g/mol. The molecule has 0 aliphatic rings. The van der Waals surface area contributed by atoms with E-state index >= 15 is 0 Å². The van der Waals surface area contributed by atoms with E-state index in [1.165, 1.54) is 0 Å². The van der Waals surface area contributed by atoms with E-state index in [9.17, 15) is 28.5 Å². The van der Waals surface area contributed by atoms with Gasteiger partial charge >= 0.3 is 15.2 Å². The number of carbonyl (C=O) groups excluding carboxylic acids is 2. The van der Waals surface area contributed by atoms with Crippen LogP contribution in [0.5, 0.6) is 0 Å². The van der Waals surface area contributed by atoms with Crippen molar-refractivity contribution in [2.24, 2.45) is 0 Å². The van der Waals surface area contributed by atoms with Gasteiger partial charge in [0.25, 0.3) is 0 Å². The van der Waals surface area contributed by atoms with Crippen LogP contribution >= 0.6 is 15.2 Å². The monoisotopic (exact) mass is 556 g/mol. The van der Waals surface area contributed by atoms with Crippen molar-refractivity contribution < 1.29 is 37.6 Å². The molecule has 0 aromatic carbocycles. The van der Waals surface area contributed by atoms with Crippen LogP contribution < -0.4 is 10.6 Å². The lowest BCUT2D eigenvalue weighted by Crippen LogP contribution is -2.24. The zero-order valence-electron chi connectivity index (χ0n) is 22.7. The van der Waals surface area contributed by atoms with E-state index in [2.05, 4.69) is 10.6 Å². The highest BCUT2D eigenvalue weighted by Gasteiger charge is 2.24. The number of rotatable bonds is 23. The smallest absolute Gasteiger partial charge is 0.330 e. The molecule has 2 unspecified atom stereocenters. The lowest BCUT2D eigenvalue weighted by atomic mass is 10.1. The second-order valence-corrected chi connectivity index (χ2v) is 14.6. The third-order valence-electron chi connectivity index (χ3n) is 5.70. The standard InChI is InChI=1S/C24H50N2O8P2/c1-21(2)35(29,30)33-19-13-8-7-11-17-25-23(27)15-9-5-6-10-16-24(28)26-18-12-14-20-34-36(31,32)22(3)4/h21-22H,5-20H2,1-4H3,(H,25,27)(H,26,28)(H,29,30)(H,31,32). The Hall–Kier alpha value is -0.760. The van der Waals surface area contributed by atoms with Gasteiger partial charge in [0.05, 0.1) is 24.5 Å². The molecule has 214 valence electrons. The molecule has 0 spiro atoms. The predicted octanol–water partition coefficient (Wildman–Crippen LogP) is 5.12. The molecule has 0 radical (unpaired) electrons. The molecule has 0 aromatic rings. The molecule has 0 saturated heterocycles. The van der Waals surface area contributed by atoms with Crippen molar-refractivity contribution in [2.75, 3.05) is 26.3 Å². The molecule has 0 fully saturated rings. The Kier molecular flexibility index (Phi) is 19.8. The first kappa shape index (κ1) is 35.2. The molecule has 0 bridgehead atoms. The van der Waals surface area contributed by atoms with E-state index in [1.807, 2.05) is 0 Å². The van der Waals surface area contributed by atoms with Crippen molar-refractivity contribution in [2.45, 2.75) is 116 Å². The predicted molar refractivity (Wildman–Crippen MR) is 143 cm³/mol. The Bertz CT molecular complexity index is 704. The van der Waals surface area contributed by atoms with Gasteiger partial charge in [-0.3, -0.25) is 18.7 Å². The minimum absolute atomic E-state index is 0.000490. The quantitative estimate of drug-likeness (QED) is 0.1000. The first-order valence-corrected chi connectivity index (χ1v) is 16.6. The zero-order chi connectivity index (χ0) is 27.5. The lowest BCUT2D eigenvalue weighted by molar-refractivity contribution is -0.122. The average molecular weight is 557 g/mol. The van der Waals surface area contributed by atoms with Crippen LogP contribution in [0.4, 0.5) is 0 Å². The van der Waals surface area contributed by atoms with Gasteiger partial charge in [0.2, 0.25) is 11.8 Å². The number of carbonyl (C=O) groups is 2. The van der Waals surface area contributed by atoms with Crippen molar-refractivity contribution in [3.8, 4) is 0 Å². The number of nitrogens with one attached hydrogen (secondary N) is 2. The van der Waals surface area contributed by atoms with Gasteiger partial charge in [-0.1, -0.05) is 53.4 Å². The molecule has 12 heteroatoms. The minimum atomic E-state index is -3.51. The lowest BCUT2D eigenvalue weighted by Gasteiger charge is -2.15. The van der Waals surface area contributed by atoms with Crippen LogP contribution in [0.25, 0.3) is 0 Å². The van der Waals surface area contributed by atoms with Crippen molar-refractivity contribution >= 4 is 27.0 Å². The molecule has 0 aromatic heterocycles. The summed E-state index contributed by atoms with van der Waals surface area (Å²) in [5.41, 5.74) is -0.802. The summed E-state index contributed by atoms with van der Waals surface area (Å²) in [5, 5.41) is 5.76. The summed E-state index contributed by atoms with van der Waals surface area (Å²) >= 11 is 0. The Balaban J connectivity index is 3.49. The molecule has 10 nitrogen and oxygen atoms in total. The first-order chi connectivity index (χ1) is 16.9. The van der Waals surface area contributed by atoms with Crippen LogP contribution in [0.3, 0.4) is 0 Å². The summed E-state index contributed by atoms with van der Waals surface area (Å²) in [7, 11) is -6.98. The number of unbranched alkanes of at least 4 members (excludes halogenated alkanes) is 7. The van der Waals surface area contributed by atoms with Gasteiger partial charge < -0.3 is 29.5 Å². The second kappa shape index (κ2) is 20.2. The van der Waals surface area contributed by atoms with Crippen molar-refractivity contribution in [3.63, 3.8) is 0 Å². The third kappa shape index (κ3) is 19.4. The van der Waals surface area contributed by atoms with Gasteiger partial charge in [0, 0.05) is 25.9 Å². The van der Waals surface area contributed by atoms with Gasteiger partial charge in [0.1, 0.15) is 0 Å². The molecule has 4 N–H and O–H groups in total. The second-order valence-electron chi connectivity index (χ2n) is 9.72. The van der Waals surface area contributed by atoms with Crippen LogP contribution in [-0.2, 0) is 27.8 Å². The van der Waals surface area contributed by atoms with Gasteiger partial charge in [-0.05, 0) is 38.5 Å². The highest BCUT2D eigenvalue weighted by molar-refractivity contribution is 7.53. The van der Waals surface area contributed by atoms with E-state index in [0.29, 0.717) is 38.8 Å². The largest absolute Gasteiger partial charge is 0.356 e. The Morgan fingerprint density at radius 2 is 0.944 bits per heavy atom. The van der Waals surface area contributed by atoms with Crippen LogP contribution in [0.1, 0.15) is 105 Å². The number of hydrogen-bond acceptors (Lipinski definition) is 6. The molecule has 0 rings (SSSR count). The summed E-state index contributed by atoms with van der Waals surface area (Å²) in [5.74, 6) is 0.0460. The van der Waals surface area contributed by atoms with Gasteiger partial charge in [-0.2, -0.15) is 0 Å². The Morgan fingerprint density at radius 1 is 0.611 bits per heavy atom. The third-order valence-corrected chi connectivity index (χ3v) is 9.42. The minimum Gasteiger partial charge on any atom is -0.356 e. The van der Waals surface area contributed by atoms with E-state index in [1.54, 1.807) is 27.7 Å². The van der Waals surface area contributed by atoms with Crippen molar-refractivity contribution in [3.05, 3.63) is 0 Å². The summed E-state index contributed by atoms with van der Waals surface area (Å²) < 4.78 is 33.4. The van der Waals surface area contributed by atoms with Crippen molar-refractivity contribution in [1.82, 2.24) is 10.6 Å². The molecule has 0 aliphatic carbocycles. The van der Waals surface area contributed by atoms with E-state index in [-0.39, 0.29) is 30.7 Å². The molecule has 2 atom stereocenters.